The average molecular weight is 444 g/mol. The molecule has 2 heterocycles. The number of carbonyl (C=O) groups is 1. The van der Waals surface area contributed by atoms with Crippen molar-refractivity contribution in [1.82, 2.24) is 14.9 Å². The second-order valence-corrected chi connectivity index (χ2v) is 9.24. The van der Waals surface area contributed by atoms with Gasteiger partial charge in [0.1, 0.15) is 10.6 Å². The van der Waals surface area contributed by atoms with Crippen molar-refractivity contribution in [1.29, 1.82) is 0 Å². The molecule has 0 fully saturated rings. The molecule has 4 rings (SSSR count). The number of thiophene rings is 1. The van der Waals surface area contributed by atoms with Crippen LogP contribution in [0.2, 0.25) is 0 Å². The first-order valence-corrected chi connectivity index (χ1v) is 12.0. The Morgan fingerprint density at radius 3 is 2.90 bits per heavy atom. The fourth-order valence-electron chi connectivity index (χ4n) is 3.83. The SMILES string of the molecule is CCn1c(SCC(=O)NCc2ccccc2OC)nc2sc3c(c2c1=O)CCCC3. The Hall–Kier alpha value is -2.32. The highest BCUT2D eigenvalue weighted by Gasteiger charge is 2.22. The lowest BCUT2D eigenvalue weighted by atomic mass is 9.97. The van der Waals surface area contributed by atoms with Gasteiger partial charge in [0.2, 0.25) is 5.91 Å². The number of methoxy groups -OCH3 is 1. The van der Waals surface area contributed by atoms with Gasteiger partial charge in [0.05, 0.1) is 18.2 Å². The number of thioether (sulfide) groups is 1. The summed E-state index contributed by atoms with van der Waals surface area (Å²) in [5.74, 6) is 0.852. The summed E-state index contributed by atoms with van der Waals surface area (Å²) in [5.41, 5.74) is 2.15. The lowest BCUT2D eigenvalue weighted by molar-refractivity contribution is -0.118. The molecular formula is C22H25N3O3S2. The van der Waals surface area contributed by atoms with E-state index in [0.29, 0.717) is 18.2 Å². The average Bonchev–Trinajstić information content (AvgIpc) is 3.15. The first kappa shape index (κ1) is 20.9. The number of amides is 1. The number of rotatable bonds is 7. The van der Waals surface area contributed by atoms with Crippen LogP contribution in [-0.4, -0.2) is 28.3 Å². The number of para-hydroxylation sites is 1. The standard InChI is InChI=1S/C22H25N3O3S2/c1-3-25-21(27)19-15-9-5-7-11-17(15)30-20(19)24-22(25)29-13-18(26)23-12-14-8-4-6-10-16(14)28-2/h4,6,8,10H,3,5,7,9,11-13H2,1-2H3,(H,23,26). The topological polar surface area (TPSA) is 73.2 Å². The maximum absolute atomic E-state index is 13.1. The minimum Gasteiger partial charge on any atom is -0.496 e. The molecule has 0 saturated heterocycles. The van der Waals surface area contributed by atoms with E-state index in [-0.39, 0.29) is 17.2 Å². The third-order valence-corrected chi connectivity index (χ3v) is 7.52. The molecule has 3 aromatic rings. The zero-order valence-electron chi connectivity index (χ0n) is 17.2. The third kappa shape index (κ3) is 4.11. The number of aryl methyl sites for hydroxylation is 2. The van der Waals surface area contributed by atoms with E-state index in [1.165, 1.54) is 28.6 Å². The Bertz CT molecular complexity index is 1140. The quantitative estimate of drug-likeness (QED) is 0.444. The first-order chi connectivity index (χ1) is 14.6. The van der Waals surface area contributed by atoms with Crippen molar-refractivity contribution < 1.29 is 9.53 Å². The molecule has 0 spiro atoms. The summed E-state index contributed by atoms with van der Waals surface area (Å²) in [5, 5.41) is 4.33. The van der Waals surface area contributed by atoms with Gasteiger partial charge in [0.25, 0.3) is 5.56 Å². The van der Waals surface area contributed by atoms with E-state index in [2.05, 4.69) is 5.32 Å². The van der Waals surface area contributed by atoms with Gasteiger partial charge in [0.15, 0.2) is 5.16 Å². The molecule has 30 heavy (non-hydrogen) atoms. The van der Waals surface area contributed by atoms with Crippen molar-refractivity contribution in [2.45, 2.75) is 50.9 Å². The molecule has 0 saturated carbocycles. The van der Waals surface area contributed by atoms with Gasteiger partial charge in [-0.25, -0.2) is 4.98 Å². The first-order valence-electron chi connectivity index (χ1n) is 10.2. The number of hydrogen-bond donors (Lipinski definition) is 1. The summed E-state index contributed by atoms with van der Waals surface area (Å²) < 4.78 is 7.02. The second-order valence-electron chi connectivity index (χ2n) is 7.21. The van der Waals surface area contributed by atoms with Crippen LogP contribution < -0.4 is 15.6 Å². The molecule has 8 heteroatoms. The van der Waals surface area contributed by atoms with Crippen molar-refractivity contribution in [3.63, 3.8) is 0 Å². The largest absolute Gasteiger partial charge is 0.496 e. The molecule has 1 N–H and O–H groups in total. The molecule has 0 radical (unpaired) electrons. The van der Waals surface area contributed by atoms with Gasteiger partial charge < -0.3 is 10.1 Å². The molecule has 158 valence electrons. The summed E-state index contributed by atoms with van der Waals surface area (Å²) in [6.07, 6.45) is 4.31. The van der Waals surface area contributed by atoms with E-state index in [9.17, 15) is 9.59 Å². The van der Waals surface area contributed by atoms with Crippen LogP contribution in [0.4, 0.5) is 0 Å². The van der Waals surface area contributed by atoms with Gasteiger partial charge in [0, 0.05) is 23.5 Å². The number of ether oxygens (including phenoxy) is 1. The van der Waals surface area contributed by atoms with Crippen LogP contribution in [0.25, 0.3) is 10.2 Å². The van der Waals surface area contributed by atoms with E-state index in [1.807, 2.05) is 31.2 Å². The van der Waals surface area contributed by atoms with Crippen molar-refractivity contribution in [2.24, 2.45) is 0 Å². The molecule has 6 nitrogen and oxygen atoms in total. The Morgan fingerprint density at radius 2 is 2.10 bits per heavy atom. The summed E-state index contributed by atoms with van der Waals surface area (Å²) in [4.78, 5) is 32.4. The number of nitrogens with one attached hydrogen (secondary N) is 1. The van der Waals surface area contributed by atoms with Crippen LogP contribution in [0, 0.1) is 0 Å². The van der Waals surface area contributed by atoms with Crippen LogP contribution in [-0.2, 0) is 30.7 Å². The molecule has 0 bridgehead atoms. The smallest absolute Gasteiger partial charge is 0.263 e. The van der Waals surface area contributed by atoms with Gasteiger partial charge in [-0.05, 0) is 44.2 Å². The number of fused-ring (bicyclic) bond motifs is 3. The molecule has 1 amide bonds. The number of benzene rings is 1. The third-order valence-electron chi connectivity index (χ3n) is 5.36. The van der Waals surface area contributed by atoms with Crippen LogP contribution in [0.5, 0.6) is 5.75 Å². The summed E-state index contributed by atoms with van der Waals surface area (Å²) >= 11 is 2.96. The van der Waals surface area contributed by atoms with Crippen molar-refractivity contribution in [3.05, 3.63) is 50.6 Å². The van der Waals surface area contributed by atoms with Crippen molar-refractivity contribution >= 4 is 39.2 Å². The second kappa shape index (κ2) is 9.22. The highest BCUT2D eigenvalue weighted by molar-refractivity contribution is 7.99. The van der Waals surface area contributed by atoms with E-state index in [1.54, 1.807) is 23.0 Å². The monoisotopic (exact) mass is 443 g/mol. The van der Waals surface area contributed by atoms with E-state index < -0.39 is 0 Å². The van der Waals surface area contributed by atoms with Gasteiger partial charge in [-0.15, -0.1) is 11.3 Å². The van der Waals surface area contributed by atoms with Crippen LogP contribution in [0.15, 0.2) is 34.2 Å². The van der Waals surface area contributed by atoms with Crippen molar-refractivity contribution in [2.75, 3.05) is 12.9 Å². The lowest BCUT2D eigenvalue weighted by Gasteiger charge is -2.12. The van der Waals surface area contributed by atoms with E-state index >= 15 is 0 Å². The Morgan fingerprint density at radius 1 is 1.30 bits per heavy atom. The number of nitrogens with zero attached hydrogens (tertiary/aromatic N) is 2. The summed E-state index contributed by atoms with van der Waals surface area (Å²) in [6.45, 7) is 2.88. The zero-order valence-corrected chi connectivity index (χ0v) is 18.8. The number of aromatic nitrogens is 2. The minimum atomic E-state index is -0.103. The molecular weight excluding hydrogens is 418 g/mol. The minimum absolute atomic E-state index is 0.0267. The molecule has 0 atom stereocenters. The molecule has 1 aliphatic rings. The highest BCUT2D eigenvalue weighted by Crippen LogP contribution is 2.34. The Labute approximate surface area is 183 Å². The van der Waals surface area contributed by atoms with Crippen LogP contribution in [0.1, 0.15) is 35.8 Å². The van der Waals surface area contributed by atoms with Crippen molar-refractivity contribution in [3.8, 4) is 5.75 Å². The highest BCUT2D eigenvalue weighted by atomic mass is 32.2. The maximum Gasteiger partial charge on any atom is 0.263 e. The molecule has 1 aliphatic carbocycles. The fraction of sp³-hybridized carbons (Fsp3) is 0.409. The normalized spacial score (nSPS) is 13.3. The Kier molecular flexibility index (Phi) is 6.43. The van der Waals surface area contributed by atoms with Gasteiger partial charge in [-0.1, -0.05) is 30.0 Å². The van der Waals surface area contributed by atoms with Gasteiger partial charge >= 0.3 is 0 Å². The lowest BCUT2D eigenvalue weighted by Crippen LogP contribution is -2.26. The molecule has 1 aromatic carbocycles. The van der Waals surface area contributed by atoms with E-state index in [4.69, 9.17) is 9.72 Å². The summed E-state index contributed by atoms with van der Waals surface area (Å²) in [7, 11) is 1.62. The predicted octanol–water partition coefficient (Wildman–Crippen LogP) is 3.77. The fourth-order valence-corrected chi connectivity index (χ4v) is 6.03. The number of carbonyl (C=O) groups excluding carboxylic acids is 1. The van der Waals surface area contributed by atoms with E-state index in [0.717, 1.165) is 40.8 Å². The maximum atomic E-state index is 13.1. The molecule has 0 aliphatic heterocycles. The van der Waals surface area contributed by atoms with Gasteiger partial charge in [-0.3, -0.25) is 14.2 Å². The predicted molar refractivity (Wildman–Crippen MR) is 122 cm³/mol. The zero-order chi connectivity index (χ0) is 21.1. The van der Waals surface area contributed by atoms with Crippen LogP contribution in [0.3, 0.4) is 0 Å². The number of hydrogen-bond acceptors (Lipinski definition) is 6. The molecule has 2 aromatic heterocycles. The summed E-state index contributed by atoms with van der Waals surface area (Å²) in [6, 6.07) is 7.61. The molecule has 0 unspecified atom stereocenters. The van der Waals surface area contributed by atoms with Gasteiger partial charge in [-0.2, -0.15) is 0 Å². The Balaban J connectivity index is 1.49. The van der Waals surface area contributed by atoms with Crippen LogP contribution >= 0.6 is 23.1 Å².